The van der Waals surface area contributed by atoms with Crippen LogP contribution in [0, 0.1) is 6.92 Å². The summed E-state index contributed by atoms with van der Waals surface area (Å²) >= 11 is 0. The van der Waals surface area contributed by atoms with Gasteiger partial charge in [0.15, 0.2) is 17.5 Å². The summed E-state index contributed by atoms with van der Waals surface area (Å²) in [5, 5.41) is 6.59. The van der Waals surface area contributed by atoms with E-state index in [9.17, 15) is 0 Å². The maximum Gasteiger partial charge on any atom is 0.191 e. The second-order valence-electron chi connectivity index (χ2n) is 6.19. The second-order valence-corrected chi connectivity index (χ2v) is 6.19. The SMILES string of the molecule is CN=C(NCc1ccc(OC)c(C)c1)NCC(C)Oc1ccccc1OC. The van der Waals surface area contributed by atoms with Gasteiger partial charge in [-0.2, -0.15) is 0 Å². The summed E-state index contributed by atoms with van der Waals surface area (Å²) in [6.07, 6.45) is -0.0527. The van der Waals surface area contributed by atoms with Gasteiger partial charge in [0, 0.05) is 13.6 Å². The van der Waals surface area contributed by atoms with E-state index in [2.05, 4.69) is 21.7 Å². The molecule has 6 heteroatoms. The Morgan fingerprint density at radius 3 is 2.33 bits per heavy atom. The lowest BCUT2D eigenvalue weighted by atomic mass is 10.1. The number of nitrogens with zero attached hydrogens (tertiary/aromatic N) is 1. The van der Waals surface area contributed by atoms with Gasteiger partial charge in [0.05, 0.1) is 20.8 Å². The van der Waals surface area contributed by atoms with Gasteiger partial charge in [0.25, 0.3) is 0 Å². The molecule has 27 heavy (non-hydrogen) atoms. The third kappa shape index (κ3) is 6.09. The highest BCUT2D eigenvalue weighted by Gasteiger charge is 2.09. The largest absolute Gasteiger partial charge is 0.496 e. The number of hydrogen-bond donors (Lipinski definition) is 2. The highest BCUT2D eigenvalue weighted by Crippen LogP contribution is 2.26. The van der Waals surface area contributed by atoms with Gasteiger partial charge in [-0.3, -0.25) is 4.99 Å². The van der Waals surface area contributed by atoms with E-state index in [4.69, 9.17) is 14.2 Å². The Morgan fingerprint density at radius 1 is 1.00 bits per heavy atom. The molecular weight excluding hydrogens is 342 g/mol. The molecular formula is C21H29N3O3. The average molecular weight is 371 g/mol. The molecule has 0 aliphatic carbocycles. The number of nitrogens with one attached hydrogen (secondary N) is 2. The van der Waals surface area contributed by atoms with Crippen molar-refractivity contribution in [1.82, 2.24) is 10.6 Å². The van der Waals surface area contributed by atoms with Crippen molar-refractivity contribution in [2.24, 2.45) is 4.99 Å². The lowest BCUT2D eigenvalue weighted by molar-refractivity contribution is 0.213. The molecule has 2 aromatic carbocycles. The number of aryl methyl sites for hydroxylation is 1. The molecule has 0 aliphatic rings. The number of rotatable bonds is 8. The van der Waals surface area contributed by atoms with Crippen LogP contribution in [0.25, 0.3) is 0 Å². The van der Waals surface area contributed by atoms with Gasteiger partial charge in [-0.25, -0.2) is 0 Å². The Bertz CT molecular complexity index is 762. The Kier molecular flexibility index (Phi) is 7.79. The van der Waals surface area contributed by atoms with Crippen molar-refractivity contribution in [3.8, 4) is 17.2 Å². The van der Waals surface area contributed by atoms with Gasteiger partial charge in [0.1, 0.15) is 11.9 Å². The van der Waals surface area contributed by atoms with Crippen molar-refractivity contribution >= 4 is 5.96 Å². The van der Waals surface area contributed by atoms with Crippen molar-refractivity contribution in [2.45, 2.75) is 26.5 Å². The molecule has 0 saturated carbocycles. The van der Waals surface area contributed by atoms with Gasteiger partial charge in [-0.15, -0.1) is 0 Å². The van der Waals surface area contributed by atoms with Crippen LogP contribution >= 0.6 is 0 Å². The van der Waals surface area contributed by atoms with E-state index in [-0.39, 0.29) is 6.10 Å². The summed E-state index contributed by atoms with van der Waals surface area (Å²) in [5.41, 5.74) is 2.27. The van der Waals surface area contributed by atoms with E-state index in [1.807, 2.05) is 50.2 Å². The Balaban J connectivity index is 1.83. The zero-order valence-electron chi connectivity index (χ0n) is 16.7. The van der Waals surface area contributed by atoms with Crippen LogP contribution in [0.1, 0.15) is 18.1 Å². The summed E-state index contributed by atoms with van der Waals surface area (Å²) in [5.74, 6) is 3.07. The maximum atomic E-state index is 5.95. The fraction of sp³-hybridized carbons (Fsp3) is 0.381. The molecule has 0 radical (unpaired) electrons. The quantitative estimate of drug-likeness (QED) is 0.551. The van der Waals surface area contributed by atoms with Crippen LogP contribution in [0.2, 0.25) is 0 Å². The van der Waals surface area contributed by atoms with Gasteiger partial charge in [-0.1, -0.05) is 24.3 Å². The molecule has 0 saturated heterocycles. The Morgan fingerprint density at radius 2 is 1.70 bits per heavy atom. The van der Waals surface area contributed by atoms with Gasteiger partial charge < -0.3 is 24.8 Å². The van der Waals surface area contributed by atoms with E-state index in [1.54, 1.807) is 21.3 Å². The highest BCUT2D eigenvalue weighted by atomic mass is 16.5. The minimum atomic E-state index is -0.0527. The molecule has 0 aromatic heterocycles. The van der Waals surface area contributed by atoms with Crippen molar-refractivity contribution in [1.29, 1.82) is 0 Å². The summed E-state index contributed by atoms with van der Waals surface area (Å²) in [6, 6.07) is 13.7. The number of methoxy groups -OCH3 is 2. The summed E-state index contributed by atoms with van der Waals surface area (Å²) < 4.78 is 16.6. The molecule has 0 aliphatic heterocycles. The van der Waals surface area contributed by atoms with Crippen LogP contribution in [0.3, 0.4) is 0 Å². The number of guanidine groups is 1. The molecule has 0 heterocycles. The number of benzene rings is 2. The third-order valence-corrected chi connectivity index (χ3v) is 4.10. The zero-order chi connectivity index (χ0) is 19.6. The monoisotopic (exact) mass is 371 g/mol. The molecule has 0 spiro atoms. The van der Waals surface area contributed by atoms with Crippen LogP contribution in [0.4, 0.5) is 0 Å². The van der Waals surface area contributed by atoms with Gasteiger partial charge in [-0.05, 0) is 43.2 Å². The first-order valence-electron chi connectivity index (χ1n) is 8.95. The van der Waals surface area contributed by atoms with Crippen molar-refractivity contribution in [3.05, 3.63) is 53.6 Å². The van der Waals surface area contributed by atoms with Gasteiger partial charge >= 0.3 is 0 Å². The minimum absolute atomic E-state index is 0.0527. The van der Waals surface area contributed by atoms with Crippen molar-refractivity contribution in [3.63, 3.8) is 0 Å². The molecule has 1 unspecified atom stereocenters. The Labute approximate surface area is 161 Å². The molecule has 2 rings (SSSR count). The summed E-state index contributed by atoms with van der Waals surface area (Å²) in [6.45, 7) is 5.32. The first kappa shape index (κ1) is 20.4. The molecule has 0 bridgehead atoms. The highest BCUT2D eigenvalue weighted by molar-refractivity contribution is 5.79. The normalized spacial score (nSPS) is 12.3. The lowest BCUT2D eigenvalue weighted by Gasteiger charge is -2.19. The molecule has 2 aromatic rings. The number of ether oxygens (including phenoxy) is 3. The van der Waals surface area contributed by atoms with Crippen molar-refractivity contribution in [2.75, 3.05) is 27.8 Å². The molecule has 2 N–H and O–H groups in total. The topological polar surface area (TPSA) is 64.1 Å². The van der Waals surface area contributed by atoms with Crippen LogP contribution in [0.5, 0.6) is 17.2 Å². The molecule has 146 valence electrons. The standard InChI is InChI=1S/C21H29N3O3/c1-15-12-17(10-11-18(15)25-4)14-24-21(22-3)23-13-16(2)27-20-9-7-6-8-19(20)26-5/h6-12,16H,13-14H2,1-5H3,(H2,22,23,24). The van der Waals surface area contributed by atoms with Crippen molar-refractivity contribution < 1.29 is 14.2 Å². The molecule has 0 amide bonds. The summed E-state index contributed by atoms with van der Waals surface area (Å²) in [4.78, 5) is 4.26. The Hall–Kier alpha value is -2.89. The van der Waals surface area contributed by atoms with E-state index in [0.29, 0.717) is 13.1 Å². The fourth-order valence-electron chi connectivity index (χ4n) is 2.67. The average Bonchev–Trinajstić information content (AvgIpc) is 2.68. The van der Waals surface area contributed by atoms with Gasteiger partial charge in [0.2, 0.25) is 0 Å². The van der Waals surface area contributed by atoms with Crippen LogP contribution in [0.15, 0.2) is 47.5 Å². The van der Waals surface area contributed by atoms with Crippen LogP contribution in [-0.4, -0.2) is 39.9 Å². The molecule has 0 fully saturated rings. The van der Waals surface area contributed by atoms with Crippen LogP contribution < -0.4 is 24.8 Å². The number of hydrogen-bond acceptors (Lipinski definition) is 4. The smallest absolute Gasteiger partial charge is 0.191 e. The molecule has 6 nitrogen and oxygen atoms in total. The van der Waals surface area contributed by atoms with E-state index in [0.717, 1.165) is 34.3 Å². The van der Waals surface area contributed by atoms with E-state index < -0.39 is 0 Å². The molecule has 1 atom stereocenters. The summed E-state index contributed by atoms with van der Waals surface area (Å²) in [7, 11) is 5.07. The third-order valence-electron chi connectivity index (χ3n) is 4.10. The predicted molar refractivity (Wildman–Crippen MR) is 109 cm³/mol. The lowest BCUT2D eigenvalue weighted by Crippen LogP contribution is -2.41. The van der Waals surface area contributed by atoms with E-state index in [1.165, 1.54) is 0 Å². The predicted octanol–water partition coefficient (Wildman–Crippen LogP) is 3.14. The fourth-order valence-corrected chi connectivity index (χ4v) is 2.67. The number of para-hydroxylation sites is 2. The van der Waals surface area contributed by atoms with E-state index >= 15 is 0 Å². The first-order chi connectivity index (χ1) is 13.1. The first-order valence-corrected chi connectivity index (χ1v) is 8.95. The minimum Gasteiger partial charge on any atom is -0.496 e. The van der Waals surface area contributed by atoms with Crippen LogP contribution in [-0.2, 0) is 6.54 Å². The maximum absolute atomic E-state index is 5.95. The number of aliphatic imine (C=N–C) groups is 1. The second kappa shape index (κ2) is 10.3. The zero-order valence-corrected chi connectivity index (χ0v) is 16.7.